The van der Waals surface area contributed by atoms with Crippen molar-refractivity contribution in [1.82, 2.24) is 10.6 Å². The number of hydrogen-bond acceptors (Lipinski definition) is 4. The van der Waals surface area contributed by atoms with E-state index < -0.39 is 0 Å². The first-order valence-electron chi connectivity index (χ1n) is 9.24. The predicted octanol–water partition coefficient (Wildman–Crippen LogP) is 2.48. The van der Waals surface area contributed by atoms with E-state index in [1.165, 1.54) is 26.4 Å². The van der Waals surface area contributed by atoms with E-state index >= 15 is 0 Å². The number of rotatable bonds is 12. The van der Waals surface area contributed by atoms with E-state index in [0.29, 0.717) is 11.8 Å². The Hall–Kier alpha value is -1.30. The molecular weight excluding hydrogens is 306 g/mol. The smallest absolute Gasteiger partial charge is 0.305 e. The van der Waals surface area contributed by atoms with Crippen molar-refractivity contribution in [2.75, 3.05) is 40.5 Å². The van der Waals surface area contributed by atoms with Crippen LogP contribution < -0.4 is 10.6 Å². The molecule has 0 heterocycles. The molecule has 1 aliphatic rings. The summed E-state index contributed by atoms with van der Waals surface area (Å²) in [5.74, 6) is 0.772. The van der Waals surface area contributed by atoms with Gasteiger partial charge in [0.1, 0.15) is 0 Å². The summed E-state index contributed by atoms with van der Waals surface area (Å²) in [6.07, 6.45) is 8.34. The topological polar surface area (TPSA) is 72.0 Å². The summed E-state index contributed by atoms with van der Waals surface area (Å²) in [6, 6.07) is 0. The highest BCUT2D eigenvalue weighted by molar-refractivity contribution is 5.79. The summed E-state index contributed by atoms with van der Waals surface area (Å²) >= 11 is 0. The van der Waals surface area contributed by atoms with Crippen LogP contribution in [0, 0.1) is 5.41 Å². The van der Waals surface area contributed by atoms with Crippen molar-refractivity contribution in [1.29, 1.82) is 0 Å². The third-order valence-electron chi connectivity index (χ3n) is 4.75. The summed E-state index contributed by atoms with van der Waals surface area (Å²) in [7, 11) is 3.20. The molecule has 1 fully saturated rings. The van der Waals surface area contributed by atoms with Crippen molar-refractivity contribution < 1.29 is 14.3 Å². The average Bonchev–Trinajstić information content (AvgIpc) is 2.56. The van der Waals surface area contributed by atoms with E-state index in [2.05, 4.69) is 22.3 Å². The van der Waals surface area contributed by atoms with Gasteiger partial charge in [0.25, 0.3) is 0 Å². The molecule has 0 bridgehead atoms. The van der Waals surface area contributed by atoms with Crippen molar-refractivity contribution in [3.05, 3.63) is 0 Å². The normalized spacial score (nSPS) is 16.4. The fraction of sp³-hybridized carbons (Fsp3) is 0.889. The molecule has 2 N–H and O–H groups in total. The third-order valence-corrected chi connectivity index (χ3v) is 4.75. The Morgan fingerprint density at radius 1 is 1.17 bits per heavy atom. The Bertz CT molecular complexity index is 382. The molecule has 0 aliphatic heterocycles. The van der Waals surface area contributed by atoms with Gasteiger partial charge in [-0.25, -0.2) is 0 Å². The van der Waals surface area contributed by atoms with E-state index in [0.717, 1.165) is 57.9 Å². The van der Waals surface area contributed by atoms with Gasteiger partial charge in [0.15, 0.2) is 5.96 Å². The second-order valence-electron chi connectivity index (χ2n) is 6.61. The molecule has 0 aromatic heterocycles. The van der Waals surface area contributed by atoms with Gasteiger partial charge in [0, 0.05) is 39.8 Å². The number of aliphatic imine (C=N–C) groups is 1. The van der Waals surface area contributed by atoms with Gasteiger partial charge >= 0.3 is 5.97 Å². The Balaban J connectivity index is 2.28. The van der Waals surface area contributed by atoms with Gasteiger partial charge in [0.05, 0.1) is 7.11 Å². The third kappa shape index (κ3) is 7.99. The minimum Gasteiger partial charge on any atom is -0.469 e. The molecule has 1 rings (SSSR count). The maximum absolute atomic E-state index is 11.1. The molecule has 0 aromatic carbocycles. The minimum absolute atomic E-state index is 0.125. The van der Waals surface area contributed by atoms with E-state index in [1.807, 2.05) is 0 Å². The molecule has 0 atom stereocenters. The van der Waals surface area contributed by atoms with Crippen LogP contribution in [0.5, 0.6) is 0 Å². The summed E-state index contributed by atoms with van der Waals surface area (Å²) in [5, 5.41) is 6.70. The monoisotopic (exact) mass is 341 g/mol. The molecule has 6 nitrogen and oxygen atoms in total. The summed E-state index contributed by atoms with van der Waals surface area (Å²) < 4.78 is 9.88. The van der Waals surface area contributed by atoms with Crippen molar-refractivity contribution in [2.24, 2.45) is 10.4 Å². The number of ether oxygens (including phenoxy) is 2. The molecule has 6 heteroatoms. The summed E-state index contributed by atoms with van der Waals surface area (Å²) in [5.41, 5.74) is 0.346. The molecular formula is C18H35N3O3. The maximum Gasteiger partial charge on any atom is 0.305 e. The van der Waals surface area contributed by atoms with Crippen LogP contribution in [0.2, 0.25) is 0 Å². The highest BCUT2D eigenvalue weighted by Gasteiger charge is 2.36. The molecule has 0 spiro atoms. The van der Waals surface area contributed by atoms with Crippen LogP contribution in [0.25, 0.3) is 0 Å². The second-order valence-corrected chi connectivity index (χ2v) is 6.61. The van der Waals surface area contributed by atoms with Crippen LogP contribution in [0.1, 0.15) is 58.3 Å². The number of methoxy groups -OCH3 is 2. The number of guanidine groups is 1. The SMILES string of the molecule is CCNC(=NCC1(CCOC)CCC1)NCCCCCC(=O)OC. The predicted molar refractivity (Wildman–Crippen MR) is 97.2 cm³/mol. The number of nitrogens with zero attached hydrogens (tertiary/aromatic N) is 1. The Labute approximate surface area is 146 Å². The van der Waals surface area contributed by atoms with Gasteiger partial charge in [0.2, 0.25) is 0 Å². The number of carbonyl (C=O) groups is 1. The molecule has 0 aromatic rings. The second kappa shape index (κ2) is 12.1. The van der Waals surface area contributed by atoms with E-state index in [9.17, 15) is 4.79 Å². The first-order valence-corrected chi connectivity index (χ1v) is 9.24. The standard InChI is InChI=1S/C18H35N3O3/c1-4-19-17(20-13-7-5-6-9-16(22)24-3)21-15-18(10-8-11-18)12-14-23-2/h4-15H2,1-3H3,(H2,19,20,21). The van der Waals surface area contributed by atoms with Crippen molar-refractivity contribution in [3.8, 4) is 0 Å². The van der Waals surface area contributed by atoms with Crippen molar-refractivity contribution >= 4 is 11.9 Å². The Morgan fingerprint density at radius 3 is 2.54 bits per heavy atom. The number of nitrogens with one attached hydrogen (secondary N) is 2. The summed E-state index contributed by atoms with van der Waals surface area (Å²) in [4.78, 5) is 15.8. The van der Waals surface area contributed by atoms with Crippen LogP contribution in [-0.2, 0) is 14.3 Å². The van der Waals surface area contributed by atoms with Gasteiger partial charge in [-0.3, -0.25) is 9.79 Å². The van der Waals surface area contributed by atoms with Crippen molar-refractivity contribution in [2.45, 2.75) is 58.3 Å². The Kier molecular flexibility index (Phi) is 10.5. The fourth-order valence-electron chi connectivity index (χ4n) is 2.95. The zero-order valence-electron chi connectivity index (χ0n) is 15.7. The summed E-state index contributed by atoms with van der Waals surface area (Å²) in [6.45, 7) is 5.50. The first-order chi connectivity index (χ1) is 11.7. The van der Waals surface area contributed by atoms with Gasteiger partial charge in [-0.15, -0.1) is 0 Å². The molecule has 0 saturated heterocycles. The lowest BCUT2D eigenvalue weighted by Gasteiger charge is -2.40. The van der Waals surface area contributed by atoms with Gasteiger partial charge in [-0.05, 0) is 44.4 Å². The van der Waals surface area contributed by atoms with Crippen LogP contribution >= 0.6 is 0 Å². The number of carbonyl (C=O) groups excluding carboxylic acids is 1. The Morgan fingerprint density at radius 2 is 1.96 bits per heavy atom. The van der Waals surface area contributed by atoms with Gasteiger partial charge in [-0.2, -0.15) is 0 Å². The molecule has 140 valence electrons. The van der Waals surface area contributed by atoms with E-state index in [-0.39, 0.29) is 5.97 Å². The zero-order chi connectivity index (χ0) is 17.7. The van der Waals surface area contributed by atoms with Crippen LogP contribution in [-0.4, -0.2) is 52.4 Å². The quantitative estimate of drug-likeness (QED) is 0.247. The highest BCUT2D eigenvalue weighted by atomic mass is 16.5. The first kappa shape index (κ1) is 20.7. The lowest BCUT2D eigenvalue weighted by molar-refractivity contribution is -0.140. The minimum atomic E-state index is -0.125. The van der Waals surface area contributed by atoms with E-state index in [4.69, 9.17) is 9.73 Å². The largest absolute Gasteiger partial charge is 0.469 e. The molecule has 0 unspecified atom stereocenters. The van der Waals surface area contributed by atoms with Gasteiger partial charge < -0.3 is 20.1 Å². The number of esters is 1. The maximum atomic E-state index is 11.1. The van der Waals surface area contributed by atoms with Gasteiger partial charge in [-0.1, -0.05) is 12.8 Å². The number of hydrogen-bond donors (Lipinski definition) is 2. The highest BCUT2D eigenvalue weighted by Crippen LogP contribution is 2.44. The fourth-order valence-corrected chi connectivity index (χ4v) is 2.95. The molecule has 1 aliphatic carbocycles. The van der Waals surface area contributed by atoms with Crippen LogP contribution in [0.4, 0.5) is 0 Å². The van der Waals surface area contributed by atoms with Crippen LogP contribution in [0.3, 0.4) is 0 Å². The van der Waals surface area contributed by atoms with Crippen LogP contribution in [0.15, 0.2) is 4.99 Å². The average molecular weight is 341 g/mol. The van der Waals surface area contributed by atoms with Crippen molar-refractivity contribution in [3.63, 3.8) is 0 Å². The lowest BCUT2D eigenvalue weighted by atomic mass is 9.67. The van der Waals surface area contributed by atoms with E-state index in [1.54, 1.807) is 7.11 Å². The lowest BCUT2D eigenvalue weighted by Crippen LogP contribution is -2.40. The molecule has 24 heavy (non-hydrogen) atoms. The molecule has 0 radical (unpaired) electrons. The molecule has 0 amide bonds. The zero-order valence-corrected chi connectivity index (χ0v) is 15.7. The molecule has 1 saturated carbocycles. The number of unbranched alkanes of at least 4 members (excludes halogenated alkanes) is 2.